The van der Waals surface area contributed by atoms with Gasteiger partial charge in [0.2, 0.25) is 5.91 Å². The molecule has 3 amide bonds. The van der Waals surface area contributed by atoms with E-state index >= 15 is 4.39 Å². The first-order valence-electron chi connectivity index (χ1n) is 11.3. The zero-order valence-electron chi connectivity index (χ0n) is 19.9. The maximum absolute atomic E-state index is 15.6. The van der Waals surface area contributed by atoms with Gasteiger partial charge in [-0.1, -0.05) is 35.9 Å². The fourth-order valence-electron chi connectivity index (χ4n) is 4.31. The molecule has 0 aromatic heterocycles. The van der Waals surface area contributed by atoms with E-state index in [0.29, 0.717) is 28.5 Å². The van der Waals surface area contributed by atoms with E-state index in [-0.39, 0.29) is 22.8 Å². The van der Waals surface area contributed by atoms with Crippen molar-refractivity contribution in [2.75, 3.05) is 30.1 Å². The fraction of sp³-hybridized carbons (Fsp3) is 0.231. The van der Waals surface area contributed by atoms with Crippen LogP contribution in [0.2, 0.25) is 5.02 Å². The molecule has 3 aromatic carbocycles. The number of carbonyl (C=O) groups excluding carboxylic acids is 2. The number of nitrogens with zero attached hydrogens (tertiary/aromatic N) is 1. The van der Waals surface area contributed by atoms with Gasteiger partial charge in [-0.3, -0.25) is 4.79 Å². The Morgan fingerprint density at radius 3 is 2.50 bits per heavy atom. The summed E-state index contributed by atoms with van der Waals surface area (Å²) in [6, 6.07) is 12.5. The standard InChI is InChI=1S/C26H25ClF2N3O3P/c1-15-22(11-9-18(24(15)29)17-6-4-5-7-23(17)36(2,3)35)32-13-12-21(25(32)33)31-26(34)30-20-10-8-16(27)14-19(20)28/h4-11,14,21H,12-13H2,1-3H3,(H2,30,31,34)/t21-/m1/s1. The average Bonchev–Trinajstić information content (AvgIpc) is 3.16. The van der Waals surface area contributed by atoms with Crippen LogP contribution < -0.4 is 20.8 Å². The minimum Gasteiger partial charge on any atom is -0.326 e. The predicted octanol–water partition coefficient (Wildman–Crippen LogP) is 5.77. The van der Waals surface area contributed by atoms with E-state index < -0.39 is 36.8 Å². The summed E-state index contributed by atoms with van der Waals surface area (Å²) >= 11 is 5.72. The maximum Gasteiger partial charge on any atom is 0.319 e. The van der Waals surface area contributed by atoms with E-state index in [2.05, 4.69) is 10.6 Å². The molecule has 0 unspecified atom stereocenters. The first-order valence-corrected chi connectivity index (χ1v) is 14.2. The van der Waals surface area contributed by atoms with Crippen molar-refractivity contribution in [1.82, 2.24) is 5.32 Å². The zero-order valence-corrected chi connectivity index (χ0v) is 21.6. The van der Waals surface area contributed by atoms with Gasteiger partial charge in [0.15, 0.2) is 0 Å². The highest BCUT2D eigenvalue weighted by molar-refractivity contribution is 7.70. The molecule has 4 rings (SSSR count). The first-order chi connectivity index (χ1) is 17.0. The van der Waals surface area contributed by atoms with Gasteiger partial charge in [-0.15, -0.1) is 0 Å². The molecular formula is C26H25ClF2N3O3P. The molecule has 1 aliphatic heterocycles. The Morgan fingerprint density at radius 2 is 1.81 bits per heavy atom. The highest BCUT2D eigenvalue weighted by Crippen LogP contribution is 2.40. The van der Waals surface area contributed by atoms with Gasteiger partial charge >= 0.3 is 6.03 Å². The predicted molar refractivity (Wildman–Crippen MR) is 140 cm³/mol. The molecule has 0 bridgehead atoms. The van der Waals surface area contributed by atoms with Crippen LogP contribution >= 0.6 is 18.7 Å². The number of halogens is 3. The minimum atomic E-state index is -2.66. The Labute approximate surface area is 213 Å². The Kier molecular flexibility index (Phi) is 7.21. The number of amides is 3. The number of nitrogens with one attached hydrogen (secondary N) is 2. The number of benzene rings is 3. The van der Waals surface area contributed by atoms with Crippen molar-refractivity contribution < 1.29 is 22.9 Å². The van der Waals surface area contributed by atoms with E-state index in [1.807, 2.05) is 0 Å². The molecule has 36 heavy (non-hydrogen) atoms. The Bertz CT molecular complexity index is 1410. The lowest BCUT2D eigenvalue weighted by atomic mass is 10.0. The second-order valence-corrected chi connectivity index (χ2v) is 12.6. The molecule has 0 aliphatic carbocycles. The van der Waals surface area contributed by atoms with Crippen LogP contribution in [0.25, 0.3) is 11.1 Å². The molecule has 1 aliphatic rings. The van der Waals surface area contributed by atoms with Crippen LogP contribution in [0.1, 0.15) is 12.0 Å². The van der Waals surface area contributed by atoms with E-state index in [4.69, 9.17) is 11.6 Å². The summed E-state index contributed by atoms with van der Waals surface area (Å²) in [5, 5.41) is 5.69. The summed E-state index contributed by atoms with van der Waals surface area (Å²) in [5.74, 6) is -1.61. The third-order valence-corrected chi connectivity index (χ3v) is 7.90. The minimum absolute atomic E-state index is 0.0725. The normalized spacial score (nSPS) is 15.8. The quantitative estimate of drug-likeness (QED) is 0.410. The lowest BCUT2D eigenvalue weighted by Crippen LogP contribution is -2.43. The van der Waals surface area contributed by atoms with Crippen molar-refractivity contribution in [3.8, 4) is 11.1 Å². The van der Waals surface area contributed by atoms with Gasteiger partial charge < -0.3 is 20.1 Å². The van der Waals surface area contributed by atoms with Gasteiger partial charge in [0.1, 0.15) is 24.8 Å². The van der Waals surface area contributed by atoms with Crippen molar-refractivity contribution >= 4 is 47.4 Å². The number of rotatable bonds is 5. The third kappa shape index (κ3) is 5.15. The molecule has 10 heteroatoms. The van der Waals surface area contributed by atoms with E-state index in [1.165, 1.54) is 17.0 Å². The van der Waals surface area contributed by atoms with Crippen LogP contribution in [0.15, 0.2) is 54.6 Å². The highest BCUT2D eigenvalue weighted by atomic mass is 35.5. The van der Waals surface area contributed by atoms with Crippen molar-refractivity contribution in [2.45, 2.75) is 19.4 Å². The van der Waals surface area contributed by atoms with Crippen molar-refractivity contribution in [3.05, 3.63) is 76.8 Å². The summed E-state index contributed by atoms with van der Waals surface area (Å²) in [5.41, 5.74) is 1.45. The van der Waals surface area contributed by atoms with Crippen molar-refractivity contribution in [1.29, 1.82) is 0 Å². The highest BCUT2D eigenvalue weighted by Gasteiger charge is 2.35. The van der Waals surface area contributed by atoms with Crippen molar-refractivity contribution in [2.24, 2.45) is 0 Å². The molecular weight excluding hydrogens is 507 g/mol. The Balaban J connectivity index is 1.53. The molecule has 1 atom stereocenters. The van der Waals surface area contributed by atoms with Gasteiger partial charge in [-0.2, -0.15) is 0 Å². The fourth-order valence-corrected chi connectivity index (χ4v) is 5.69. The molecule has 0 spiro atoms. The van der Waals surface area contributed by atoms with E-state index in [1.54, 1.807) is 56.7 Å². The van der Waals surface area contributed by atoms with Crippen LogP contribution in [-0.4, -0.2) is 37.9 Å². The van der Waals surface area contributed by atoms with Crippen LogP contribution in [-0.2, 0) is 9.36 Å². The number of urea groups is 1. The van der Waals surface area contributed by atoms with Gasteiger partial charge in [-0.25, -0.2) is 13.6 Å². The Morgan fingerprint density at radius 1 is 1.08 bits per heavy atom. The van der Waals surface area contributed by atoms with Gasteiger partial charge in [0.25, 0.3) is 0 Å². The second-order valence-electron chi connectivity index (χ2n) is 8.99. The van der Waals surface area contributed by atoms with E-state index in [9.17, 15) is 18.5 Å². The number of carbonyl (C=O) groups is 2. The molecule has 6 nitrogen and oxygen atoms in total. The lowest BCUT2D eigenvalue weighted by molar-refractivity contribution is -0.118. The third-order valence-electron chi connectivity index (χ3n) is 6.11. The molecule has 1 fully saturated rings. The summed E-state index contributed by atoms with van der Waals surface area (Å²) in [4.78, 5) is 26.8. The van der Waals surface area contributed by atoms with Crippen LogP contribution in [0, 0.1) is 18.6 Å². The SMILES string of the molecule is Cc1c(N2CC[C@@H](NC(=O)Nc3ccc(Cl)cc3F)C2=O)ccc(-c2ccccc2P(C)(C)=O)c1F. The van der Waals surface area contributed by atoms with Crippen LogP contribution in [0.4, 0.5) is 25.0 Å². The van der Waals surface area contributed by atoms with E-state index in [0.717, 1.165) is 6.07 Å². The summed E-state index contributed by atoms with van der Waals surface area (Å²) in [6.07, 6.45) is 0.301. The molecule has 188 valence electrons. The second kappa shape index (κ2) is 10.0. The van der Waals surface area contributed by atoms with Crippen molar-refractivity contribution in [3.63, 3.8) is 0 Å². The molecule has 0 radical (unpaired) electrons. The summed E-state index contributed by atoms with van der Waals surface area (Å²) in [6.45, 7) is 5.13. The summed E-state index contributed by atoms with van der Waals surface area (Å²) in [7, 11) is -2.66. The lowest BCUT2D eigenvalue weighted by Gasteiger charge is -2.22. The Hall–Kier alpha value is -3.22. The number of hydrogen-bond acceptors (Lipinski definition) is 3. The monoisotopic (exact) mass is 531 g/mol. The zero-order chi connectivity index (χ0) is 26.2. The van der Waals surface area contributed by atoms with Crippen LogP contribution in [0.5, 0.6) is 0 Å². The molecule has 2 N–H and O–H groups in total. The molecule has 3 aromatic rings. The van der Waals surface area contributed by atoms with Gasteiger partial charge in [-0.05, 0) is 62.6 Å². The smallest absolute Gasteiger partial charge is 0.319 e. The molecule has 1 saturated heterocycles. The number of hydrogen-bond donors (Lipinski definition) is 2. The number of anilines is 2. The average molecular weight is 532 g/mol. The largest absolute Gasteiger partial charge is 0.326 e. The van der Waals surface area contributed by atoms with Gasteiger partial charge in [0, 0.05) is 33.7 Å². The topological polar surface area (TPSA) is 78.5 Å². The summed E-state index contributed by atoms with van der Waals surface area (Å²) < 4.78 is 42.3. The first kappa shape index (κ1) is 25.9. The maximum atomic E-state index is 15.6. The van der Waals surface area contributed by atoms with Gasteiger partial charge in [0.05, 0.1) is 5.69 Å². The molecule has 0 saturated carbocycles. The molecule has 1 heterocycles. The van der Waals surface area contributed by atoms with Crippen LogP contribution in [0.3, 0.4) is 0 Å².